The number of aromatic nitrogens is 1. The molecular weight excluding hydrogens is 464 g/mol. The maximum Gasteiger partial charge on any atom is 0.307 e. The summed E-state index contributed by atoms with van der Waals surface area (Å²) in [5.41, 5.74) is 12.5. The molecular formula is C31H30N2O4. The molecule has 1 fully saturated rings. The Hall–Kier alpha value is -3.90. The lowest BCUT2D eigenvalue weighted by Gasteiger charge is -2.34. The second-order valence-corrected chi connectivity index (χ2v) is 10.2. The maximum absolute atomic E-state index is 11.6. The molecule has 1 saturated heterocycles. The normalized spacial score (nSPS) is 18.1. The molecule has 1 aromatic heterocycles. The van der Waals surface area contributed by atoms with Crippen LogP contribution >= 0.6 is 0 Å². The van der Waals surface area contributed by atoms with Crippen LogP contribution in [0.3, 0.4) is 0 Å². The van der Waals surface area contributed by atoms with Gasteiger partial charge < -0.3 is 20.3 Å². The first kappa shape index (κ1) is 23.5. The lowest BCUT2D eigenvalue weighted by atomic mass is 9.75. The van der Waals surface area contributed by atoms with Crippen LogP contribution in [0, 0.1) is 6.92 Å². The molecule has 0 amide bonds. The van der Waals surface area contributed by atoms with Crippen molar-refractivity contribution in [3.05, 3.63) is 89.1 Å². The van der Waals surface area contributed by atoms with Crippen molar-refractivity contribution in [1.82, 2.24) is 4.98 Å². The number of anilines is 1. The van der Waals surface area contributed by atoms with E-state index in [0.717, 1.165) is 65.5 Å². The SMILES string of the molecule is Cc1cccc(OC2CC3(CCOCC3)c3ccc(-c4cccc5c(N)nccc45)cc32)c1CC(=O)O. The van der Waals surface area contributed by atoms with E-state index in [4.69, 9.17) is 15.2 Å². The van der Waals surface area contributed by atoms with E-state index in [2.05, 4.69) is 29.2 Å². The number of carbonyl (C=O) groups is 1. The van der Waals surface area contributed by atoms with E-state index in [-0.39, 0.29) is 17.9 Å². The fourth-order valence-electron chi connectivity index (χ4n) is 6.19. The number of rotatable bonds is 5. The van der Waals surface area contributed by atoms with E-state index < -0.39 is 5.97 Å². The first-order valence-electron chi connectivity index (χ1n) is 12.8. The molecule has 4 aromatic rings. The van der Waals surface area contributed by atoms with E-state index in [1.807, 2.05) is 43.3 Å². The predicted octanol–water partition coefficient (Wildman–Crippen LogP) is 5.99. The van der Waals surface area contributed by atoms with Gasteiger partial charge in [-0.15, -0.1) is 0 Å². The molecule has 0 saturated carbocycles. The van der Waals surface area contributed by atoms with Gasteiger partial charge in [0.2, 0.25) is 0 Å². The summed E-state index contributed by atoms with van der Waals surface area (Å²) in [7, 11) is 0. The summed E-state index contributed by atoms with van der Waals surface area (Å²) in [6, 6.07) is 20.6. The van der Waals surface area contributed by atoms with Crippen LogP contribution in [0.2, 0.25) is 0 Å². The smallest absolute Gasteiger partial charge is 0.307 e. The number of ether oxygens (including phenoxy) is 2. The Bertz CT molecular complexity index is 1510. The van der Waals surface area contributed by atoms with Crippen LogP contribution in [0.4, 0.5) is 5.82 Å². The Kier molecular flexibility index (Phi) is 5.84. The van der Waals surface area contributed by atoms with Crippen LogP contribution in [0.25, 0.3) is 21.9 Å². The number of nitrogens with zero attached hydrogens (tertiary/aromatic N) is 1. The van der Waals surface area contributed by atoms with Gasteiger partial charge in [-0.05, 0) is 77.6 Å². The Morgan fingerprint density at radius 1 is 1.11 bits per heavy atom. The molecule has 1 aliphatic carbocycles. The standard InChI is InChI=1S/C31H30N2O4/c1-19-4-2-7-27(24(19)17-29(34)35)37-28-18-31(11-14-36-15-12-31)26-9-8-20(16-25(26)28)21-5-3-6-23-22(21)10-13-33-30(23)32/h2-10,13,16,28H,11-12,14-15,17-18H2,1H3,(H2,32,33)(H,34,35). The van der Waals surface area contributed by atoms with Gasteiger partial charge in [0.1, 0.15) is 17.7 Å². The first-order valence-corrected chi connectivity index (χ1v) is 12.8. The number of hydrogen-bond acceptors (Lipinski definition) is 5. The minimum Gasteiger partial charge on any atom is -0.485 e. The number of nitrogens with two attached hydrogens (primary N) is 1. The highest BCUT2D eigenvalue weighted by atomic mass is 16.5. The van der Waals surface area contributed by atoms with Gasteiger partial charge in [0, 0.05) is 35.8 Å². The number of carboxylic acid groups (broad SMARTS) is 1. The highest BCUT2D eigenvalue weighted by molar-refractivity contribution is 6.01. The topological polar surface area (TPSA) is 94.7 Å². The van der Waals surface area contributed by atoms with Crippen LogP contribution in [-0.2, 0) is 21.4 Å². The second kappa shape index (κ2) is 9.20. The number of aliphatic carboxylic acids is 1. The van der Waals surface area contributed by atoms with Gasteiger partial charge in [-0.25, -0.2) is 4.98 Å². The zero-order chi connectivity index (χ0) is 25.6. The van der Waals surface area contributed by atoms with Gasteiger partial charge in [-0.3, -0.25) is 4.79 Å². The molecule has 1 aliphatic heterocycles. The monoisotopic (exact) mass is 494 g/mol. The lowest BCUT2D eigenvalue weighted by Crippen LogP contribution is -2.32. The third-order valence-electron chi connectivity index (χ3n) is 8.11. The molecule has 0 bridgehead atoms. The van der Waals surface area contributed by atoms with E-state index in [9.17, 15) is 9.90 Å². The highest BCUT2D eigenvalue weighted by Gasteiger charge is 2.46. The average molecular weight is 495 g/mol. The van der Waals surface area contributed by atoms with Crippen molar-refractivity contribution in [2.75, 3.05) is 18.9 Å². The highest BCUT2D eigenvalue weighted by Crippen LogP contribution is 2.53. The largest absolute Gasteiger partial charge is 0.485 e. The van der Waals surface area contributed by atoms with Gasteiger partial charge in [-0.1, -0.05) is 42.5 Å². The van der Waals surface area contributed by atoms with Crippen molar-refractivity contribution < 1.29 is 19.4 Å². The van der Waals surface area contributed by atoms with E-state index in [1.54, 1.807) is 6.20 Å². The quantitative estimate of drug-likeness (QED) is 0.354. The third kappa shape index (κ3) is 4.11. The molecule has 3 aromatic carbocycles. The van der Waals surface area contributed by atoms with Crippen LogP contribution < -0.4 is 10.5 Å². The van der Waals surface area contributed by atoms with Crippen molar-refractivity contribution >= 4 is 22.6 Å². The molecule has 6 heteroatoms. The molecule has 1 unspecified atom stereocenters. The summed E-state index contributed by atoms with van der Waals surface area (Å²) in [5, 5.41) is 11.5. The zero-order valence-electron chi connectivity index (χ0n) is 20.9. The lowest BCUT2D eigenvalue weighted by molar-refractivity contribution is -0.136. The minimum atomic E-state index is -0.862. The number of aryl methyl sites for hydroxylation is 1. The number of hydrogen-bond donors (Lipinski definition) is 2. The fourth-order valence-corrected chi connectivity index (χ4v) is 6.19. The molecule has 1 spiro atoms. The maximum atomic E-state index is 11.6. The Labute approximate surface area is 216 Å². The zero-order valence-corrected chi connectivity index (χ0v) is 20.9. The molecule has 6 rings (SSSR count). The minimum absolute atomic E-state index is 0.000665. The summed E-state index contributed by atoms with van der Waals surface area (Å²) >= 11 is 0. The van der Waals surface area contributed by atoms with Crippen molar-refractivity contribution in [3.8, 4) is 16.9 Å². The summed E-state index contributed by atoms with van der Waals surface area (Å²) in [4.78, 5) is 15.9. The Balaban J connectivity index is 1.46. The van der Waals surface area contributed by atoms with Crippen molar-refractivity contribution in [1.29, 1.82) is 0 Å². The van der Waals surface area contributed by atoms with Gasteiger partial charge >= 0.3 is 5.97 Å². The summed E-state index contributed by atoms with van der Waals surface area (Å²) in [5.74, 6) is 0.309. The second-order valence-electron chi connectivity index (χ2n) is 10.2. The van der Waals surface area contributed by atoms with Crippen molar-refractivity contribution in [2.24, 2.45) is 0 Å². The number of carboxylic acids is 1. The Morgan fingerprint density at radius 3 is 2.73 bits per heavy atom. The Morgan fingerprint density at radius 2 is 1.92 bits per heavy atom. The van der Waals surface area contributed by atoms with Crippen LogP contribution in [0.5, 0.6) is 5.75 Å². The molecule has 6 nitrogen and oxygen atoms in total. The van der Waals surface area contributed by atoms with Crippen LogP contribution in [-0.4, -0.2) is 29.3 Å². The molecule has 1 atom stereocenters. The van der Waals surface area contributed by atoms with E-state index >= 15 is 0 Å². The van der Waals surface area contributed by atoms with Crippen LogP contribution in [0.15, 0.2) is 66.9 Å². The number of benzene rings is 3. The summed E-state index contributed by atoms with van der Waals surface area (Å²) < 4.78 is 12.4. The van der Waals surface area contributed by atoms with E-state index in [1.165, 1.54) is 11.1 Å². The molecule has 37 heavy (non-hydrogen) atoms. The first-order chi connectivity index (χ1) is 17.9. The van der Waals surface area contributed by atoms with Gasteiger partial charge in [0.05, 0.1) is 6.42 Å². The average Bonchev–Trinajstić information content (AvgIpc) is 3.18. The molecule has 0 radical (unpaired) electrons. The fraction of sp³-hybridized carbons (Fsp3) is 0.290. The van der Waals surface area contributed by atoms with Crippen molar-refractivity contribution in [2.45, 2.75) is 44.1 Å². The number of pyridine rings is 1. The van der Waals surface area contributed by atoms with Gasteiger partial charge in [0.25, 0.3) is 0 Å². The predicted molar refractivity (Wildman–Crippen MR) is 144 cm³/mol. The van der Waals surface area contributed by atoms with Crippen LogP contribution in [0.1, 0.15) is 47.6 Å². The summed E-state index contributed by atoms with van der Waals surface area (Å²) in [6.45, 7) is 3.41. The van der Waals surface area contributed by atoms with Gasteiger partial charge in [0.15, 0.2) is 0 Å². The van der Waals surface area contributed by atoms with Crippen molar-refractivity contribution in [3.63, 3.8) is 0 Å². The van der Waals surface area contributed by atoms with Gasteiger partial charge in [-0.2, -0.15) is 0 Å². The number of fused-ring (bicyclic) bond motifs is 3. The summed E-state index contributed by atoms with van der Waals surface area (Å²) in [6.07, 6.45) is 4.26. The number of nitrogen functional groups attached to an aromatic ring is 1. The van der Waals surface area contributed by atoms with E-state index in [0.29, 0.717) is 11.6 Å². The third-order valence-corrected chi connectivity index (χ3v) is 8.11. The molecule has 188 valence electrons. The molecule has 2 heterocycles. The molecule has 3 N–H and O–H groups in total. The molecule has 2 aliphatic rings.